The second-order valence-corrected chi connectivity index (χ2v) is 13.0. The van der Waals surface area contributed by atoms with Gasteiger partial charge in [-0.2, -0.15) is 0 Å². The van der Waals surface area contributed by atoms with Gasteiger partial charge < -0.3 is 40.0 Å². The number of hydrogen-bond acceptors (Lipinski definition) is 11. The van der Waals surface area contributed by atoms with Crippen LogP contribution in [0.2, 0.25) is 0 Å². The number of carbonyl (C=O) groups is 2. The number of benzene rings is 5. The van der Waals surface area contributed by atoms with Crippen LogP contribution in [0.15, 0.2) is 27.3 Å². The molecule has 12 heteroatoms. The van der Waals surface area contributed by atoms with E-state index in [9.17, 15) is 39.6 Å². The number of ether oxygens (including phenoxy) is 3. The first-order valence-corrected chi connectivity index (χ1v) is 16.9. The summed E-state index contributed by atoms with van der Waals surface area (Å²) in [4.78, 5) is 53.2. The fourth-order valence-electron chi connectivity index (χ4n) is 8.01. The maximum Gasteiger partial charge on any atom is 0.303 e. The molecule has 0 heterocycles. The Balaban J connectivity index is 1.88. The number of phenolic OH excluding ortho intramolecular Hbond substituents is 1. The number of carboxylic acid groups (broad SMARTS) is 1. The molecule has 0 fully saturated rings. The van der Waals surface area contributed by atoms with Gasteiger partial charge in [0.25, 0.3) is 0 Å². The Kier molecular flexibility index (Phi) is 10.1. The van der Waals surface area contributed by atoms with Gasteiger partial charge in [0, 0.05) is 42.0 Å². The number of methoxy groups -OCH3 is 2. The summed E-state index contributed by atoms with van der Waals surface area (Å²) >= 11 is 0. The van der Waals surface area contributed by atoms with Crippen LogP contribution in [0.1, 0.15) is 66.8 Å². The zero-order valence-corrected chi connectivity index (χ0v) is 29.0. The molecule has 1 aliphatic carbocycles. The standard InChI is InChI=1S/C39H41NO11/c1-18-13-23-22(7-5-6-8-26(46)47)38(48)32-25(45)15-21(17-42)28-29-20(16-41)14-24(44)31-34(29)35(30(23)33(28)32)36(27(18)19(2)43)39(50-4)37(31)40-9-10-51-12-11-49-3/h13-15,27,40-42,48H,5-12,16-17H2,1-4H3,(H,46,47). The fraction of sp³-hybridized carbons (Fsp3) is 0.385. The van der Waals surface area contributed by atoms with Gasteiger partial charge in [0.1, 0.15) is 17.3 Å². The minimum atomic E-state index is -0.951. The molecule has 0 aliphatic heterocycles. The molecule has 1 atom stereocenters. The molecule has 5 N–H and O–H groups in total. The van der Waals surface area contributed by atoms with E-state index in [1.54, 1.807) is 14.0 Å². The third-order valence-corrected chi connectivity index (χ3v) is 9.97. The number of carboxylic acids is 1. The quantitative estimate of drug-likeness (QED) is 0.0550. The summed E-state index contributed by atoms with van der Waals surface area (Å²) in [6.07, 6.45) is 2.66. The maximum atomic E-state index is 14.2. The van der Waals surface area contributed by atoms with Crippen molar-refractivity contribution in [2.45, 2.75) is 58.7 Å². The lowest BCUT2D eigenvalue weighted by atomic mass is 9.78. The number of allylic oxidation sites excluding steroid dienone is 1. The Labute approximate surface area is 292 Å². The van der Waals surface area contributed by atoms with Crippen LogP contribution in [-0.4, -0.2) is 72.8 Å². The summed E-state index contributed by atoms with van der Waals surface area (Å²) in [5.74, 6) is -2.07. The van der Waals surface area contributed by atoms with Gasteiger partial charge in [0.15, 0.2) is 10.9 Å². The minimum absolute atomic E-state index is 0.00396. The molecule has 12 nitrogen and oxygen atoms in total. The van der Waals surface area contributed by atoms with Gasteiger partial charge in [-0.05, 0) is 83.5 Å². The van der Waals surface area contributed by atoms with E-state index in [1.807, 2.05) is 6.08 Å². The number of phenols is 1. The summed E-state index contributed by atoms with van der Waals surface area (Å²) in [5.41, 5.74) is 1.87. The van der Waals surface area contributed by atoms with Crippen LogP contribution in [0, 0.1) is 0 Å². The molecule has 0 saturated heterocycles. The topological polar surface area (TPSA) is 189 Å². The van der Waals surface area contributed by atoms with Crippen LogP contribution in [-0.2, 0) is 38.7 Å². The van der Waals surface area contributed by atoms with Crippen LogP contribution in [0.3, 0.4) is 0 Å². The molecule has 5 aromatic rings. The molecule has 51 heavy (non-hydrogen) atoms. The van der Waals surface area contributed by atoms with Gasteiger partial charge in [-0.3, -0.25) is 19.2 Å². The number of aromatic hydroxyl groups is 1. The number of aliphatic hydroxyl groups excluding tert-OH is 2. The van der Waals surface area contributed by atoms with Crippen LogP contribution in [0.25, 0.3) is 49.2 Å². The summed E-state index contributed by atoms with van der Waals surface area (Å²) in [7, 11) is 3.03. The largest absolute Gasteiger partial charge is 0.507 e. The Bertz CT molecular complexity index is 2350. The van der Waals surface area contributed by atoms with Crippen molar-refractivity contribution in [2.75, 3.05) is 45.9 Å². The fourth-order valence-corrected chi connectivity index (χ4v) is 8.01. The van der Waals surface area contributed by atoms with Crippen molar-refractivity contribution >= 4 is 66.6 Å². The summed E-state index contributed by atoms with van der Waals surface area (Å²) in [5, 5.41) is 48.7. The number of anilines is 1. The van der Waals surface area contributed by atoms with Gasteiger partial charge in [0.2, 0.25) is 0 Å². The number of rotatable bonds is 16. The number of nitrogens with one attached hydrogen (secondary N) is 1. The Morgan fingerprint density at radius 2 is 1.49 bits per heavy atom. The smallest absolute Gasteiger partial charge is 0.303 e. The monoisotopic (exact) mass is 699 g/mol. The van der Waals surface area contributed by atoms with Crippen LogP contribution in [0.5, 0.6) is 11.5 Å². The molecule has 5 aromatic carbocycles. The third-order valence-electron chi connectivity index (χ3n) is 9.97. The van der Waals surface area contributed by atoms with Crippen molar-refractivity contribution in [3.8, 4) is 11.5 Å². The Hall–Kier alpha value is -4.88. The second-order valence-electron chi connectivity index (χ2n) is 13.0. The lowest BCUT2D eigenvalue weighted by Crippen LogP contribution is -2.18. The number of unbranched alkanes of at least 4 members (excludes halogenated alkanes) is 1. The van der Waals surface area contributed by atoms with Crippen molar-refractivity contribution in [2.24, 2.45) is 0 Å². The van der Waals surface area contributed by atoms with E-state index >= 15 is 0 Å². The molecular formula is C39H41NO11. The summed E-state index contributed by atoms with van der Waals surface area (Å²) < 4.78 is 16.9. The average molecular weight is 700 g/mol. The number of ketones is 1. The molecule has 1 aliphatic rings. The highest BCUT2D eigenvalue weighted by atomic mass is 16.5. The molecule has 0 aromatic heterocycles. The average Bonchev–Trinajstić information content (AvgIpc) is 3.22. The normalized spacial score (nSPS) is 14.2. The molecule has 6 rings (SSSR count). The molecule has 0 saturated carbocycles. The molecule has 0 spiro atoms. The molecule has 0 amide bonds. The van der Waals surface area contributed by atoms with Crippen molar-refractivity contribution < 1.29 is 44.2 Å². The number of aliphatic hydroxyl groups is 2. The molecule has 0 radical (unpaired) electrons. The highest BCUT2D eigenvalue weighted by Gasteiger charge is 2.36. The van der Waals surface area contributed by atoms with Gasteiger partial charge >= 0.3 is 5.97 Å². The van der Waals surface area contributed by atoms with Gasteiger partial charge in [-0.25, -0.2) is 0 Å². The minimum Gasteiger partial charge on any atom is -0.507 e. The highest BCUT2D eigenvalue weighted by molar-refractivity contribution is 6.39. The van der Waals surface area contributed by atoms with Gasteiger partial charge in [-0.15, -0.1) is 0 Å². The lowest BCUT2D eigenvalue weighted by Gasteiger charge is -2.27. The third kappa shape index (κ3) is 5.81. The number of hydrogen-bond donors (Lipinski definition) is 5. The van der Waals surface area contributed by atoms with Crippen LogP contribution >= 0.6 is 0 Å². The van der Waals surface area contributed by atoms with E-state index < -0.39 is 36.0 Å². The van der Waals surface area contributed by atoms with Crippen LogP contribution < -0.4 is 20.9 Å². The van der Waals surface area contributed by atoms with Gasteiger partial charge in [0.05, 0.1) is 62.5 Å². The van der Waals surface area contributed by atoms with E-state index in [2.05, 4.69) is 5.32 Å². The zero-order chi connectivity index (χ0) is 36.7. The highest BCUT2D eigenvalue weighted by Crippen LogP contribution is 2.56. The van der Waals surface area contributed by atoms with E-state index in [4.69, 9.17) is 14.2 Å². The first-order valence-electron chi connectivity index (χ1n) is 16.9. The van der Waals surface area contributed by atoms with E-state index in [1.165, 1.54) is 26.2 Å². The van der Waals surface area contributed by atoms with Crippen molar-refractivity contribution in [3.63, 3.8) is 0 Å². The van der Waals surface area contributed by atoms with Gasteiger partial charge in [-0.1, -0.05) is 11.6 Å². The van der Waals surface area contributed by atoms with Crippen molar-refractivity contribution in [1.82, 2.24) is 0 Å². The molecular weight excluding hydrogens is 658 g/mol. The SMILES string of the molecule is COCCOCCNc1c(OC)c2c3c4c(c(CCCCC(=O)O)c(O)c5c(=O)cc(CO)c(c6c(CO)cc(=O)c1c63)c54)C=C(C)C2C(C)=O. The first kappa shape index (κ1) is 35.9. The second kappa shape index (κ2) is 14.4. The predicted octanol–water partition coefficient (Wildman–Crippen LogP) is 4.56. The summed E-state index contributed by atoms with van der Waals surface area (Å²) in [6.45, 7) is 3.44. The number of Topliss-reactive ketones (excluding diaryl/α,β-unsaturated/α-hetero) is 1. The molecule has 1 unspecified atom stereocenters. The molecule has 0 bridgehead atoms. The lowest BCUT2D eigenvalue weighted by molar-refractivity contribution is -0.137. The van der Waals surface area contributed by atoms with E-state index in [-0.39, 0.29) is 65.2 Å². The van der Waals surface area contributed by atoms with Crippen LogP contribution in [0.4, 0.5) is 5.69 Å². The molecule has 268 valence electrons. The van der Waals surface area contributed by atoms with E-state index in [0.717, 1.165) is 0 Å². The Morgan fingerprint density at radius 1 is 0.843 bits per heavy atom. The number of carbonyl (C=O) groups excluding carboxylic acids is 1. The number of fused-ring (bicyclic) bond motifs is 1. The Morgan fingerprint density at radius 3 is 2.08 bits per heavy atom. The van der Waals surface area contributed by atoms with Crippen molar-refractivity contribution in [1.29, 1.82) is 0 Å². The number of aliphatic carboxylic acids is 1. The summed E-state index contributed by atoms with van der Waals surface area (Å²) in [6, 6.07) is 2.59. The predicted molar refractivity (Wildman–Crippen MR) is 195 cm³/mol. The maximum absolute atomic E-state index is 14.2. The van der Waals surface area contributed by atoms with E-state index in [0.29, 0.717) is 86.3 Å². The zero-order valence-electron chi connectivity index (χ0n) is 29.0. The van der Waals surface area contributed by atoms with Crippen molar-refractivity contribution in [3.05, 3.63) is 66.0 Å². The first-order chi connectivity index (χ1) is 24.5.